The molecule has 212 valence electrons. The highest BCUT2D eigenvalue weighted by Gasteiger charge is 2.28. The lowest BCUT2D eigenvalue weighted by Crippen LogP contribution is -2.51. The van der Waals surface area contributed by atoms with E-state index in [9.17, 15) is 22.8 Å². The number of pyridine rings is 1. The maximum absolute atomic E-state index is 13.0. The Hall–Kier alpha value is -4.07. The minimum Gasteiger partial charge on any atom is -0.444 e. The van der Waals surface area contributed by atoms with Gasteiger partial charge in [-0.15, -0.1) is 0 Å². The van der Waals surface area contributed by atoms with E-state index in [0.717, 1.165) is 6.26 Å². The van der Waals surface area contributed by atoms with Crippen molar-refractivity contribution < 1.29 is 27.2 Å². The minimum absolute atomic E-state index is 0.0194. The molecule has 2 rings (SSSR count). The topological polar surface area (TPSA) is 149 Å². The van der Waals surface area contributed by atoms with Gasteiger partial charge in [0.2, 0.25) is 5.89 Å². The van der Waals surface area contributed by atoms with Gasteiger partial charge in [0.1, 0.15) is 30.5 Å². The first-order chi connectivity index (χ1) is 18.5. The number of aromatic nitrogens is 2. The van der Waals surface area contributed by atoms with Crippen LogP contribution >= 0.6 is 0 Å². The molecule has 1 unspecified atom stereocenters. The van der Waals surface area contributed by atoms with Crippen molar-refractivity contribution in [3.63, 3.8) is 0 Å². The number of rotatable bonds is 14. The highest BCUT2D eigenvalue weighted by molar-refractivity contribution is 6.13. The average Bonchev–Trinajstić information content (AvgIpc) is 3.40. The molecule has 2 aromatic heterocycles. The Bertz CT molecular complexity index is 1180. The van der Waals surface area contributed by atoms with E-state index in [1.165, 1.54) is 36.5 Å². The number of nitrogens with zero attached hydrogens (tertiary/aromatic N) is 4. The van der Waals surface area contributed by atoms with Crippen molar-refractivity contribution in [1.82, 2.24) is 25.5 Å². The normalized spacial score (nSPS) is 12.3. The number of carbonyl (C=O) groups is 2. The molecule has 2 aromatic rings. The number of halogens is 3. The molecule has 39 heavy (non-hydrogen) atoms. The SMILES string of the molecule is C=C(CCCNC)C(=O)N(CCC)C(=N)C(C=NC)NC(=O)c1coc(-c2ccnc(NCC(F)(F)F)c2)n1. The largest absolute Gasteiger partial charge is 0.444 e. The van der Waals surface area contributed by atoms with Crippen LogP contribution in [0.5, 0.6) is 0 Å². The lowest BCUT2D eigenvalue weighted by Gasteiger charge is -2.27. The lowest BCUT2D eigenvalue weighted by molar-refractivity contribution is -0.123. The van der Waals surface area contributed by atoms with E-state index < -0.39 is 30.6 Å². The molecule has 0 aromatic carbocycles. The smallest absolute Gasteiger partial charge is 0.405 e. The molecular formula is C25H33F3N8O3. The Morgan fingerprint density at radius 1 is 1.36 bits per heavy atom. The van der Waals surface area contributed by atoms with Crippen molar-refractivity contribution in [2.75, 3.05) is 39.0 Å². The van der Waals surface area contributed by atoms with Gasteiger partial charge in [0.25, 0.3) is 11.8 Å². The molecule has 11 nitrogen and oxygen atoms in total. The van der Waals surface area contributed by atoms with Crippen LogP contribution in [0.3, 0.4) is 0 Å². The zero-order chi connectivity index (χ0) is 29.0. The number of carbonyl (C=O) groups excluding carboxylic acids is 2. The molecule has 1 atom stereocenters. The first kappa shape index (κ1) is 31.1. The van der Waals surface area contributed by atoms with Gasteiger partial charge in [-0.1, -0.05) is 13.5 Å². The van der Waals surface area contributed by atoms with Crippen LogP contribution in [0, 0.1) is 5.41 Å². The average molecular weight is 551 g/mol. The number of hydrogen-bond acceptors (Lipinski definition) is 9. The number of amides is 2. The molecule has 0 saturated heterocycles. The van der Waals surface area contributed by atoms with Crippen molar-refractivity contribution >= 4 is 29.7 Å². The number of aliphatic imine (C=N–C) groups is 1. The van der Waals surface area contributed by atoms with E-state index in [4.69, 9.17) is 9.83 Å². The second kappa shape index (κ2) is 14.8. The standard InChI is InChI=1S/C25H33F3N8O3/c1-5-11-36(24(38)16(2)7-6-9-30-3)21(29)18(13-31-4)34-22(37)19-14-39-23(35-19)17-8-10-32-20(12-17)33-15-25(26,27)28/h8,10,12-14,18,29-30H,2,5-7,9,11,15H2,1,3-4H3,(H,32,33)(H,34,37). The van der Waals surface area contributed by atoms with Crippen molar-refractivity contribution in [1.29, 1.82) is 5.41 Å². The minimum atomic E-state index is -4.42. The van der Waals surface area contributed by atoms with Crippen molar-refractivity contribution in [2.24, 2.45) is 4.99 Å². The fourth-order valence-electron chi connectivity index (χ4n) is 3.40. The van der Waals surface area contributed by atoms with Gasteiger partial charge < -0.3 is 20.4 Å². The molecule has 0 aliphatic heterocycles. The molecule has 2 amide bonds. The number of anilines is 1. The van der Waals surface area contributed by atoms with Crippen LogP contribution in [-0.4, -0.2) is 84.7 Å². The van der Waals surface area contributed by atoms with Gasteiger partial charge in [0.05, 0.1) is 0 Å². The Kier molecular flexibility index (Phi) is 11.8. The van der Waals surface area contributed by atoms with Crippen LogP contribution in [0.2, 0.25) is 0 Å². The maximum Gasteiger partial charge on any atom is 0.405 e. The molecule has 0 radical (unpaired) electrons. The first-order valence-corrected chi connectivity index (χ1v) is 12.2. The third-order valence-corrected chi connectivity index (χ3v) is 5.28. The van der Waals surface area contributed by atoms with E-state index in [1.807, 2.05) is 14.0 Å². The molecule has 0 aliphatic rings. The zero-order valence-corrected chi connectivity index (χ0v) is 22.1. The van der Waals surface area contributed by atoms with E-state index >= 15 is 0 Å². The summed E-state index contributed by atoms with van der Waals surface area (Å²) in [6.07, 6.45) is 0.986. The number of hydrogen-bond donors (Lipinski definition) is 4. The van der Waals surface area contributed by atoms with Crippen molar-refractivity contribution in [3.05, 3.63) is 42.4 Å². The molecule has 0 bridgehead atoms. The van der Waals surface area contributed by atoms with Gasteiger partial charge >= 0.3 is 6.18 Å². The Morgan fingerprint density at radius 2 is 2.10 bits per heavy atom. The van der Waals surface area contributed by atoms with E-state index in [0.29, 0.717) is 36.9 Å². The summed E-state index contributed by atoms with van der Waals surface area (Å²) in [5.74, 6) is -1.36. The highest BCUT2D eigenvalue weighted by atomic mass is 19.4. The molecule has 2 heterocycles. The second-order valence-electron chi connectivity index (χ2n) is 8.45. The number of nitrogens with one attached hydrogen (secondary N) is 4. The van der Waals surface area contributed by atoms with Gasteiger partial charge in [-0.05, 0) is 45.0 Å². The molecule has 0 aliphatic carbocycles. The van der Waals surface area contributed by atoms with Crippen LogP contribution in [0.15, 0.2) is 46.2 Å². The van der Waals surface area contributed by atoms with Crippen LogP contribution in [0.25, 0.3) is 11.5 Å². The molecular weight excluding hydrogens is 517 g/mol. The summed E-state index contributed by atoms with van der Waals surface area (Å²) in [5, 5.41) is 16.4. The summed E-state index contributed by atoms with van der Waals surface area (Å²) < 4.78 is 42.8. The van der Waals surface area contributed by atoms with Crippen LogP contribution < -0.4 is 16.0 Å². The van der Waals surface area contributed by atoms with Crippen molar-refractivity contribution in [2.45, 2.75) is 38.4 Å². The van der Waals surface area contributed by atoms with E-state index in [2.05, 4.69) is 37.5 Å². The fraction of sp³-hybridized carbons (Fsp3) is 0.440. The van der Waals surface area contributed by atoms with E-state index in [1.54, 1.807) is 0 Å². The van der Waals surface area contributed by atoms with E-state index in [-0.39, 0.29) is 29.8 Å². The summed E-state index contributed by atoms with van der Waals surface area (Å²) in [5.41, 5.74) is 0.507. The summed E-state index contributed by atoms with van der Waals surface area (Å²) >= 11 is 0. The third kappa shape index (κ3) is 9.63. The van der Waals surface area contributed by atoms with Gasteiger partial charge in [0, 0.05) is 37.1 Å². The molecule has 0 fully saturated rings. The third-order valence-electron chi connectivity index (χ3n) is 5.28. The fourth-order valence-corrected chi connectivity index (χ4v) is 3.40. The molecule has 14 heteroatoms. The molecule has 4 N–H and O–H groups in total. The number of oxazole rings is 1. The Balaban J connectivity index is 2.16. The monoisotopic (exact) mass is 550 g/mol. The molecule has 0 saturated carbocycles. The summed E-state index contributed by atoms with van der Waals surface area (Å²) in [6, 6.07) is 1.72. The molecule has 0 spiro atoms. The predicted octanol–water partition coefficient (Wildman–Crippen LogP) is 3.28. The summed E-state index contributed by atoms with van der Waals surface area (Å²) in [6.45, 7) is 5.41. The van der Waals surface area contributed by atoms with Gasteiger partial charge in [-0.3, -0.25) is 24.9 Å². The first-order valence-electron chi connectivity index (χ1n) is 12.2. The quantitative estimate of drug-likeness (QED) is 0.122. The predicted molar refractivity (Wildman–Crippen MR) is 142 cm³/mol. The summed E-state index contributed by atoms with van der Waals surface area (Å²) in [4.78, 5) is 39.1. The Labute approximate surface area is 224 Å². The lowest BCUT2D eigenvalue weighted by atomic mass is 10.1. The summed E-state index contributed by atoms with van der Waals surface area (Å²) in [7, 11) is 3.28. The Morgan fingerprint density at radius 3 is 2.74 bits per heavy atom. The van der Waals surface area contributed by atoms with Crippen molar-refractivity contribution in [3.8, 4) is 11.5 Å². The zero-order valence-electron chi connectivity index (χ0n) is 22.1. The van der Waals surface area contributed by atoms with Gasteiger partial charge in [-0.2, -0.15) is 13.2 Å². The number of alkyl halides is 3. The van der Waals surface area contributed by atoms with Crippen LogP contribution in [0.4, 0.5) is 19.0 Å². The van der Waals surface area contributed by atoms with Gasteiger partial charge in [0.15, 0.2) is 5.69 Å². The van der Waals surface area contributed by atoms with Crippen LogP contribution in [0.1, 0.15) is 36.7 Å². The number of amidine groups is 1. The second-order valence-corrected chi connectivity index (χ2v) is 8.45. The van der Waals surface area contributed by atoms with Crippen LogP contribution in [-0.2, 0) is 4.79 Å². The highest BCUT2D eigenvalue weighted by Crippen LogP contribution is 2.22. The van der Waals surface area contributed by atoms with Gasteiger partial charge in [-0.25, -0.2) is 9.97 Å². The maximum atomic E-state index is 13.0.